The van der Waals surface area contributed by atoms with Gasteiger partial charge in [-0.1, -0.05) is 0 Å². The third-order valence-corrected chi connectivity index (χ3v) is 2.11. The molecule has 2 rings (SSSR count). The highest BCUT2D eigenvalue weighted by atomic mass is 16.5. The Balaban J connectivity index is 2.06. The maximum Gasteiger partial charge on any atom is 0.339 e. The fraction of sp³-hybridized carbons (Fsp3) is 0.167. The van der Waals surface area contributed by atoms with Crippen molar-refractivity contribution in [3.05, 3.63) is 42.6 Å². The van der Waals surface area contributed by atoms with Crippen molar-refractivity contribution >= 4 is 17.5 Å². The summed E-state index contributed by atoms with van der Waals surface area (Å²) in [5.41, 5.74) is 1.15. The topological polar surface area (TPSA) is 77.0 Å². The van der Waals surface area contributed by atoms with Crippen molar-refractivity contribution < 1.29 is 9.53 Å². The van der Waals surface area contributed by atoms with Crippen LogP contribution in [0.5, 0.6) is 0 Å². The van der Waals surface area contributed by atoms with Crippen LogP contribution in [0.2, 0.25) is 0 Å². The Hall–Kier alpha value is -2.50. The van der Waals surface area contributed by atoms with Gasteiger partial charge in [0.1, 0.15) is 12.1 Å². The van der Waals surface area contributed by atoms with E-state index in [2.05, 4.69) is 20.3 Å². The van der Waals surface area contributed by atoms with Gasteiger partial charge in [-0.25, -0.2) is 19.7 Å². The molecule has 0 saturated carbocycles. The normalized spacial score (nSPS) is 9.83. The summed E-state index contributed by atoms with van der Waals surface area (Å²) < 4.78 is 4.87. The molecule has 2 aromatic rings. The van der Waals surface area contributed by atoms with Crippen molar-refractivity contribution in [1.82, 2.24) is 15.0 Å². The van der Waals surface area contributed by atoms with Crippen LogP contribution in [0.25, 0.3) is 0 Å². The molecule has 0 saturated heterocycles. The third kappa shape index (κ3) is 3.00. The molecule has 18 heavy (non-hydrogen) atoms. The molecule has 0 aliphatic rings. The van der Waals surface area contributed by atoms with E-state index in [1.165, 1.54) is 12.5 Å². The summed E-state index contributed by atoms with van der Waals surface area (Å²) in [6.07, 6.45) is 6.18. The molecule has 0 amide bonds. The first kappa shape index (κ1) is 12.0. The van der Waals surface area contributed by atoms with Crippen LogP contribution in [0.1, 0.15) is 17.3 Å². The highest BCUT2D eigenvalue weighted by Crippen LogP contribution is 2.12. The third-order valence-electron chi connectivity index (χ3n) is 2.11. The highest BCUT2D eigenvalue weighted by Gasteiger charge is 2.06. The van der Waals surface area contributed by atoms with E-state index in [1.807, 2.05) is 0 Å². The molecule has 6 heteroatoms. The number of nitrogens with zero attached hydrogens (tertiary/aromatic N) is 3. The first-order chi connectivity index (χ1) is 8.79. The van der Waals surface area contributed by atoms with E-state index in [4.69, 9.17) is 4.74 Å². The van der Waals surface area contributed by atoms with Gasteiger partial charge in [0.2, 0.25) is 0 Å². The fourth-order valence-corrected chi connectivity index (χ4v) is 1.31. The summed E-state index contributed by atoms with van der Waals surface area (Å²) in [5.74, 6) is 0.234. The smallest absolute Gasteiger partial charge is 0.339 e. The molecule has 0 aliphatic heterocycles. The van der Waals surface area contributed by atoms with Crippen molar-refractivity contribution in [2.75, 3.05) is 11.9 Å². The fourth-order valence-electron chi connectivity index (χ4n) is 1.31. The number of hydrogen-bond donors (Lipinski definition) is 1. The minimum absolute atomic E-state index is 0.347. The lowest BCUT2D eigenvalue weighted by molar-refractivity contribution is 0.0526. The predicted molar refractivity (Wildman–Crippen MR) is 65.5 cm³/mol. The number of ether oxygens (including phenoxy) is 1. The standard InChI is InChI=1S/C12H12N4O2/c1-2-18-12(17)9-3-4-11(15-5-9)16-10-6-13-8-14-7-10/h3-8H,2H2,1H3,(H,15,16). The van der Waals surface area contributed by atoms with E-state index in [9.17, 15) is 4.79 Å². The number of esters is 1. The molecule has 2 heterocycles. The number of carbonyl (C=O) groups excluding carboxylic acids is 1. The van der Waals surface area contributed by atoms with Gasteiger partial charge >= 0.3 is 5.97 Å². The minimum Gasteiger partial charge on any atom is -0.462 e. The number of carbonyl (C=O) groups is 1. The maximum absolute atomic E-state index is 11.4. The highest BCUT2D eigenvalue weighted by molar-refractivity contribution is 5.89. The van der Waals surface area contributed by atoms with Crippen LogP contribution in [0.4, 0.5) is 11.5 Å². The molecule has 0 spiro atoms. The SMILES string of the molecule is CCOC(=O)c1ccc(Nc2cncnc2)nc1. The van der Waals surface area contributed by atoms with Crippen molar-refractivity contribution in [1.29, 1.82) is 0 Å². The predicted octanol–water partition coefficient (Wildman–Crippen LogP) is 1.79. The Labute approximate surface area is 104 Å². The first-order valence-electron chi connectivity index (χ1n) is 5.45. The molecule has 0 bridgehead atoms. The lowest BCUT2D eigenvalue weighted by atomic mass is 10.3. The van der Waals surface area contributed by atoms with Crippen LogP contribution in [0.3, 0.4) is 0 Å². The van der Waals surface area contributed by atoms with E-state index >= 15 is 0 Å². The summed E-state index contributed by atoms with van der Waals surface area (Å²) in [6, 6.07) is 3.34. The molecule has 0 fully saturated rings. The number of nitrogens with one attached hydrogen (secondary N) is 1. The molecule has 1 N–H and O–H groups in total. The summed E-state index contributed by atoms with van der Waals surface area (Å²) in [5, 5.41) is 3.01. The first-order valence-corrected chi connectivity index (χ1v) is 5.45. The van der Waals surface area contributed by atoms with E-state index < -0.39 is 0 Å². The molecule has 6 nitrogen and oxygen atoms in total. The zero-order chi connectivity index (χ0) is 12.8. The summed E-state index contributed by atoms with van der Waals surface area (Å²) in [4.78, 5) is 23.3. The Bertz CT molecular complexity index is 513. The van der Waals surface area contributed by atoms with Gasteiger partial charge in [0.05, 0.1) is 30.3 Å². The van der Waals surface area contributed by atoms with E-state index in [0.29, 0.717) is 18.0 Å². The van der Waals surface area contributed by atoms with Crippen LogP contribution in [-0.4, -0.2) is 27.5 Å². The number of hydrogen-bond acceptors (Lipinski definition) is 6. The molecular formula is C12H12N4O2. The second kappa shape index (κ2) is 5.72. The number of rotatable bonds is 4. The molecule has 0 atom stereocenters. The van der Waals surface area contributed by atoms with Crippen LogP contribution in [0, 0.1) is 0 Å². The average Bonchev–Trinajstić information content (AvgIpc) is 2.41. The quantitative estimate of drug-likeness (QED) is 0.826. The maximum atomic E-state index is 11.4. The lowest BCUT2D eigenvalue weighted by Gasteiger charge is -2.05. The summed E-state index contributed by atoms with van der Waals surface area (Å²) in [6.45, 7) is 2.11. The van der Waals surface area contributed by atoms with Crippen LogP contribution in [-0.2, 0) is 4.74 Å². The second-order valence-electron chi connectivity index (χ2n) is 3.40. The van der Waals surface area contributed by atoms with Crippen molar-refractivity contribution in [2.45, 2.75) is 6.92 Å². The Morgan fingerprint density at radius 3 is 2.67 bits per heavy atom. The number of aromatic nitrogens is 3. The molecule has 2 aromatic heterocycles. The lowest BCUT2D eigenvalue weighted by Crippen LogP contribution is -2.05. The zero-order valence-electron chi connectivity index (χ0n) is 9.83. The van der Waals surface area contributed by atoms with Crippen LogP contribution < -0.4 is 5.32 Å². The molecule has 0 unspecified atom stereocenters. The molecule has 0 radical (unpaired) electrons. The Kier molecular flexibility index (Phi) is 3.80. The van der Waals surface area contributed by atoms with Gasteiger partial charge in [0.15, 0.2) is 0 Å². The molecular weight excluding hydrogens is 232 g/mol. The zero-order valence-corrected chi connectivity index (χ0v) is 9.83. The number of pyridine rings is 1. The Morgan fingerprint density at radius 2 is 2.06 bits per heavy atom. The largest absolute Gasteiger partial charge is 0.462 e. The van der Waals surface area contributed by atoms with E-state index in [0.717, 1.165) is 5.69 Å². The summed E-state index contributed by atoms with van der Waals surface area (Å²) >= 11 is 0. The van der Waals surface area contributed by atoms with Gasteiger partial charge in [-0.15, -0.1) is 0 Å². The van der Waals surface area contributed by atoms with E-state index in [1.54, 1.807) is 31.5 Å². The molecule has 92 valence electrons. The van der Waals surface area contributed by atoms with E-state index in [-0.39, 0.29) is 5.97 Å². The molecule has 0 aromatic carbocycles. The van der Waals surface area contributed by atoms with Gasteiger partial charge in [0, 0.05) is 6.20 Å². The van der Waals surface area contributed by atoms with Gasteiger partial charge in [-0.3, -0.25) is 0 Å². The van der Waals surface area contributed by atoms with Gasteiger partial charge in [-0.05, 0) is 19.1 Å². The summed E-state index contributed by atoms with van der Waals surface area (Å²) in [7, 11) is 0. The molecule has 0 aliphatic carbocycles. The minimum atomic E-state index is -0.375. The number of anilines is 2. The van der Waals surface area contributed by atoms with Gasteiger partial charge in [0.25, 0.3) is 0 Å². The van der Waals surface area contributed by atoms with Gasteiger partial charge < -0.3 is 10.1 Å². The van der Waals surface area contributed by atoms with Crippen molar-refractivity contribution in [3.63, 3.8) is 0 Å². The monoisotopic (exact) mass is 244 g/mol. The van der Waals surface area contributed by atoms with Crippen LogP contribution in [0.15, 0.2) is 37.1 Å². The van der Waals surface area contributed by atoms with Crippen LogP contribution >= 0.6 is 0 Å². The second-order valence-corrected chi connectivity index (χ2v) is 3.40. The Morgan fingerprint density at radius 1 is 1.28 bits per heavy atom. The van der Waals surface area contributed by atoms with Crippen molar-refractivity contribution in [2.24, 2.45) is 0 Å². The van der Waals surface area contributed by atoms with Crippen molar-refractivity contribution in [3.8, 4) is 0 Å². The average molecular weight is 244 g/mol. The van der Waals surface area contributed by atoms with Gasteiger partial charge in [-0.2, -0.15) is 0 Å².